The summed E-state index contributed by atoms with van der Waals surface area (Å²) in [4.78, 5) is 0. The number of thioether (sulfide) groups is 1. The minimum atomic E-state index is 0.611. The molecule has 1 aromatic heterocycles. The zero-order chi connectivity index (χ0) is 12.8. The van der Waals surface area contributed by atoms with E-state index in [1.54, 1.807) is 11.8 Å². The largest absolute Gasteiger partial charge is 0.464 e. The molecule has 1 aliphatic carbocycles. The van der Waals surface area contributed by atoms with E-state index in [4.69, 9.17) is 4.42 Å². The molecule has 18 heavy (non-hydrogen) atoms. The summed E-state index contributed by atoms with van der Waals surface area (Å²) in [5.41, 5.74) is 0. The van der Waals surface area contributed by atoms with Crippen molar-refractivity contribution in [1.82, 2.24) is 5.32 Å². The number of nitrogens with one attached hydrogen (secondary N) is 1. The molecule has 0 spiro atoms. The first kappa shape index (κ1) is 14.0. The molecule has 0 aromatic carbocycles. The van der Waals surface area contributed by atoms with Crippen molar-refractivity contribution < 1.29 is 4.42 Å². The fraction of sp³-hybridized carbons (Fsp3) is 0.733. The second-order valence-electron chi connectivity index (χ2n) is 5.37. The van der Waals surface area contributed by atoms with Crippen LogP contribution in [0.3, 0.4) is 0 Å². The van der Waals surface area contributed by atoms with Crippen molar-refractivity contribution in [2.45, 2.75) is 57.4 Å². The van der Waals surface area contributed by atoms with E-state index in [0.29, 0.717) is 6.04 Å². The van der Waals surface area contributed by atoms with E-state index in [2.05, 4.69) is 30.6 Å². The zero-order valence-corrected chi connectivity index (χ0v) is 12.4. The summed E-state index contributed by atoms with van der Waals surface area (Å²) in [6.07, 6.45) is 9.14. The second-order valence-corrected chi connectivity index (χ2v) is 6.23. The van der Waals surface area contributed by atoms with E-state index in [0.717, 1.165) is 29.7 Å². The predicted octanol–water partition coefficient (Wildman–Crippen LogP) is 4.20. The van der Waals surface area contributed by atoms with Gasteiger partial charge in [0.2, 0.25) is 0 Å². The molecule has 1 heterocycles. The molecule has 1 saturated carbocycles. The van der Waals surface area contributed by atoms with Gasteiger partial charge in [0.15, 0.2) is 0 Å². The molecule has 102 valence electrons. The van der Waals surface area contributed by atoms with Gasteiger partial charge in [-0.3, -0.25) is 0 Å². The van der Waals surface area contributed by atoms with Crippen LogP contribution < -0.4 is 5.32 Å². The Hall–Kier alpha value is -0.410. The van der Waals surface area contributed by atoms with Gasteiger partial charge < -0.3 is 9.73 Å². The number of furan rings is 1. The fourth-order valence-corrected chi connectivity index (χ4v) is 3.24. The third-order valence-corrected chi connectivity index (χ3v) is 4.53. The average molecular weight is 267 g/mol. The lowest BCUT2D eigenvalue weighted by Gasteiger charge is -2.28. The molecule has 0 saturated heterocycles. The van der Waals surface area contributed by atoms with Gasteiger partial charge in [-0.15, -0.1) is 0 Å². The minimum Gasteiger partial charge on any atom is -0.464 e. The van der Waals surface area contributed by atoms with Gasteiger partial charge in [0.05, 0.1) is 12.3 Å². The van der Waals surface area contributed by atoms with Crippen LogP contribution in [-0.4, -0.2) is 12.3 Å². The van der Waals surface area contributed by atoms with E-state index in [9.17, 15) is 0 Å². The van der Waals surface area contributed by atoms with Crippen LogP contribution >= 0.6 is 11.8 Å². The van der Waals surface area contributed by atoms with Gasteiger partial charge in [0, 0.05) is 6.04 Å². The molecule has 1 atom stereocenters. The molecule has 1 unspecified atom stereocenters. The molecule has 1 aliphatic rings. The van der Waals surface area contributed by atoms with Crippen molar-refractivity contribution in [2.24, 2.45) is 5.92 Å². The first-order valence-corrected chi connectivity index (χ1v) is 8.49. The summed E-state index contributed by atoms with van der Waals surface area (Å²) in [6.45, 7) is 3.19. The summed E-state index contributed by atoms with van der Waals surface area (Å²) >= 11 is 1.80. The monoisotopic (exact) mass is 267 g/mol. The highest BCUT2D eigenvalue weighted by molar-refractivity contribution is 7.97. The molecular formula is C15H25NOS. The van der Waals surface area contributed by atoms with Gasteiger partial charge in [-0.05, 0) is 44.1 Å². The van der Waals surface area contributed by atoms with Gasteiger partial charge in [-0.25, -0.2) is 0 Å². The Morgan fingerprint density at radius 3 is 2.72 bits per heavy atom. The molecule has 1 aromatic rings. The normalized spacial score (nSPS) is 19.0. The highest BCUT2D eigenvalue weighted by Crippen LogP contribution is 2.26. The van der Waals surface area contributed by atoms with E-state index >= 15 is 0 Å². The molecule has 3 heteroatoms. The van der Waals surface area contributed by atoms with E-state index < -0.39 is 0 Å². The predicted molar refractivity (Wildman–Crippen MR) is 78.8 cm³/mol. The Morgan fingerprint density at radius 1 is 1.28 bits per heavy atom. The average Bonchev–Trinajstić information content (AvgIpc) is 2.85. The van der Waals surface area contributed by atoms with E-state index in [1.165, 1.54) is 32.1 Å². The van der Waals surface area contributed by atoms with Crippen LogP contribution in [0.2, 0.25) is 0 Å². The van der Waals surface area contributed by atoms with Crippen molar-refractivity contribution in [2.75, 3.05) is 6.26 Å². The molecule has 0 bridgehead atoms. The quantitative estimate of drug-likeness (QED) is 0.836. The first-order valence-electron chi connectivity index (χ1n) is 7.09. The van der Waals surface area contributed by atoms with Crippen LogP contribution in [0, 0.1) is 5.92 Å². The van der Waals surface area contributed by atoms with Gasteiger partial charge in [0.1, 0.15) is 11.5 Å². The lowest BCUT2D eigenvalue weighted by atomic mass is 9.84. The number of hydrogen-bond donors (Lipinski definition) is 1. The van der Waals surface area contributed by atoms with Gasteiger partial charge in [-0.1, -0.05) is 19.3 Å². The van der Waals surface area contributed by atoms with Crippen molar-refractivity contribution in [3.05, 3.63) is 23.7 Å². The maximum Gasteiger partial charge on any atom is 0.118 e. The lowest BCUT2D eigenvalue weighted by molar-refractivity contribution is 0.275. The highest BCUT2D eigenvalue weighted by atomic mass is 32.2. The minimum absolute atomic E-state index is 0.611. The standard InChI is InChI=1S/C15H25NOS/c1-12(13-6-4-3-5-7-13)16-10-14-8-9-15(17-14)11-18-2/h8-9,12-13,16H,3-7,10-11H2,1-2H3. The Morgan fingerprint density at radius 2 is 2.00 bits per heavy atom. The summed E-state index contributed by atoms with van der Waals surface area (Å²) in [7, 11) is 0. The Labute approximate surface area is 115 Å². The van der Waals surface area contributed by atoms with Gasteiger partial charge in [-0.2, -0.15) is 11.8 Å². The summed E-state index contributed by atoms with van der Waals surface area (Å²) < 4.78 is 5.78. The second kappa shape index (κ2) is 7.25. The molecule has 1 fully saturated rings. The van der Waals surface area contributed by atoms with Crippen molar-refractivity contribution in [3.8, 4) is 0 Å². The first-order chi connectivity index (χ1) is 8.79. The van der Waals surface area contributed by atoms with Crippen molar-refractivity contribution >= 4 is 11.8 Å². The maximum atomic E-state index is 5.78. The molecule has 2 nitrogen and oxygen atoms in total. The molecule has 2 rings (SSSR count). The third-order valence-electron chi connectivity index (χ3n) is 3.96. The van der Waals surface area contributed by atoms with Crippen LogP contribution in [0.1, 0.15) is 50.5 Å². The Kier molecular flexibility index (Phi) is 5.64. The van der Waals surface area contributed by atoms with E-state index in [-0.39, 0.29) is 0 Å². The Balaban J connectivity index is 1.75. The molecule has 1 N–H and O–H groups in total. The maximum absolute atomic E-state index is 5.78. The SMILES string of the molecule is CSCc1ccc(CNC(C)C2CCCCC2)o1. The lowest BCUT2D eigenvalue weighted by Crippen LogP contribution is -2.34. The van der Waals surface area contributed by atoms with Crippen LogP contribution in [0.15, 0.2) is 16.5 Å². The molecular weight excluding hydrogens is 242 g/mol. The zero-order valence-electron chi connectivity index (χ0n) is 11.6. The molecule has 0 aliphatic heterocycles. The van der Waals surface area contributed by atoms with Crippen LogP contribution in [-0.2, 0) is 12.3 Å². The summed E-state index contributed by atoms with van der Waals surface area (Å²) in [5, 5.41) is 3.62. The highest BCUT2D eigenvalue weighted by Gasteiger charge is 2.19. The van der Waals surface area contributed by atoms with Crippen LogP contribution in [0.4, 0.5) is 0 Å². The van der Waals surface area contributed by atoms with Crippen LogP contribution in [0.25, 0.3) is 0 Å². The van der Waals surface area contributed by atoms with Crippen molar-refractivity contribution in [1.29, 1.82) is 0 Å². The third kappa shape index (κ3) is 4.06. The smallest absolute Gasteiger partial charge is 0.118 e. The molecule has 0 radical (unpaired) electrons. The Bertz CT molecular complexity index is 344. The fourth-order valence-electron chi connectivity index (χ4n) is 2.80. The summed E-state index contributed by atoms with van der Waals surface area (Å²) in [5.74, 6) is 3.99. The van der Waals surface area contributed by atoms with Crippen LogP contribution in [0.5, 0.6) is 0 Å². The number of rotatable bonds is 6. The topological polar surface area (TPSA) is 25.2 Å². The van der Waals surface area contributed by atoms with Gasteiger partial charge >= 0.3 is 0 Å². The van der Waals surface area contributed by atoms with Crippen molar-refractivity contribution in [3.63, 3.8) is 0 Å². The van der Waals surface area contributed by atoms with Gasteiger partial charge in [0.25, 0.3) is 0 Å². The summed E-state index contributed by atoms with van der Waals surface area (Å²) in [6, 6.07) is 4.81. The van der Waals surface area contributed by atoms with E-state index in [1.807, 2.05) is 0 Å². The molecule has 0 amide bonds. The number of hydrogen-bond acceptors (Lipinski definition) is 3.